The third-order valence-corrected chi connectivity index (χ3v) is 1.48. The lowest BCUT2D eigenvalue weighted by Gasteiger charge is -2.12. The summed E-state index contributed by atoms with van der Waals surface area (Å²) >= 11 is 0. The van der Waals surface area contributed by atoms with Gasteiger partial charge in [0.15, 0.2) is 6.10 Å². The van der Waals surface area contributed by atoms with E-state index in [4.69, 9.17) is 9.84 Å². The number of ether oxygens (including phenoxy) is 1. The topological polar surface area (TPSA) is 84.9 Å². The van der Waals surface area contributed by atoms with Gasteiger partial charge in [-0.1, -0.05) is 20.8 Å². The summed E-state index contributed by atoms with van der Waals surface area (Å²) in [4.78, 5) is 26.1. The summed E-state index contributed by atoms with van der Waals surface area (Å²) in [5.41, 5.74) is 1.93. The predicted molar refractivity (Wildman–Crippen MR) is 52.1 cm³/mol. The van der Waals surface area contributed by atoms with Crippen LogP contribution in [0.15, 0.2) is 0 Å². The molecule has 0 unspecified atom stereocenters. The largest absolute Gasteiger partial charge is 0.479 e. The first kappa shape index (κ1) is 13.7. The summed E-state index contributed by atoms with van der Waals surface area (Å²) in [6.45, 7) is 5.68. The van der Waals surface area contributed by atoms with Crippen LogP contribution in [0.2, 0.25) is 0 Å². The predicted octanol–water partition coefficient (Wildman–Crippen LogP) is 1.16. The van der Waals surface area contributed by atoms with Gasteiger partial charge in [0.2, 0.25) is 0 Å². The van der Waals surface area contributed by atoms with Crippen LogP contribution >= 0.6 is 0 Å². The lowest BCUT2D eigenvalue weighted by atomic mass is 10.2. The number of carbonyl (C=O) groups is 2. The van der Waals surface area contributed by atoms with Crippen molar-refractivity contribution in [2.24, 2.45) is 5.92 Å². The number of hydrogen-bond donors (Lipinski definition) is 2. The highest BCUT2D eigenvalue weighted by Crippen LogP contribution is 1.97. The molecule has 1 amide bonds. The van der Waals surface area contributed by atoms with Crippen LogP contribution in [0.4, 0.5) is 4.79 Å². The summed E-state index contributed by atoms with van der Waals surface area (Å²) in [5, 5.41) is 8.59. The molecule has 0 aromatic carbocycles. The van der Waals surface area contributed by atoms with Crippen molar-refractivity contribution in [1.29, 1.82) is 0 Å². The van der Waals surface area contributed by atoms with Gasteiger partial charge in [-0.2, -0.15) is 5.48 Å². The molecule has 6 heteroatoms. The second-order valence-corrected chi connectivity index (χ2v) is 3.45. The maximum atomic E-state index is 10.9. The van der Waals surface area contributed by atoms with E-state index >= 15 is 0 Å². The fourth-order valence-electron chi connectivity index (χ4n) is 0.699. The number of amides is 1. The van der Waals surface area contributed by atoms with E-state index in [0.717, 1.165) is 0 Å². The number of hydroxylamine groups is 1. The SMILES string of the molecule is CC[C@@H](ONC(=O)OCC(C)C)C(=O)O. The standard InChI is InChI=1S/C9H17NO5/c1-4-7(8(11)12)15-10-9(13)14-5-6(2)3/h6-7H,4-5H2,1-3H3,(H,10,13)(H,11,12)/t7-/m1/s1. The second-order valence-electron chi connectivity index (χ2n) is 3.45. The van der Waals surface area contributed by atoms with E-state index in [1.807, 2.05) is 19.3 Å². The smallest absolute Gasteiger partial charge is 0.431 e. The molecule has 0 spiro atoms. The van der Waals surface area contributed by atoms with Crippen molar-refractivity contribution in [3.05, 3.63) is 0 Å². The van der Waals surface area contributed by atoms with Gasteiger partial charge in [0, 0.05) is 0 Å². The average molecular weight is 219 g/mol. The molecular weight excluding hydrogens is 202 g/mol. The number of nitrogens with one attached hydrogen (secondary N) is 1. The van der Waals surface area contributed by atoms with Crippen molar-refractivity contribution in [1.82, 2.24) is 5.48 Å². The number of hydrogen-bond acceptors (Lipinski definition) is 4. The lowest BCUT2D eigenvalue weighted by molar-refractivity contribution is -0.154. The van der Waals surface area contributed by atoms with Crippen molar-refractivity contribution in [3.63, 3.8) is 0 Å². The molecule has 0 aromatic heterocycles. The van der Waals surface area contributed by atoms with E-state index in [1.54, 1.807) is 6.92 Å². The Morgan fingerprint density at radius 2 is 2.00 bits per heavy atom. The van der Waals surface area contributed by atoms with Crippen LogP contribution in [0.5, 0.6) is 0 Å². The second kappa shape index (κ2) is 7.05. The Hall–Kier alpha value is -1.30. The fraction of sp³-hybridized carbons (Fsp3) is 0.778. The minimum Gasteiger partial charge on any atom is -0.479 e. The first-order valence-corrected chi connectivity index (χ1v) is 4.78. The Balaban J connectivity index is 3.74. The zero-order valence-corrected chi connectivity index (χ0v) is 9.15. The van der Waals surface area contributed by atoms with Crippen LogP contribution in [0.3, 0.4) is 0 Å². The highest BCUT2D eigenvalue weighted by Gasteiger charge is 2.17. The zero-order valence-electron chi connectivity index (χ0n) is 9.15. The van der Waals surface area contributed by atoms with Gasteiger partial charge in [0.1, 0.15) is 0 Å². The van der Waals surface area contributed by atoms with Gasteiger partial charge >= 0.3 is 12.1 Å². The Kier molecular flexibility index (Phi) is 6.44. The quantitative estimate of drug-likeness (QED) is 0.655. The Morgan fingerprint density at radius 3 is 2.40 bits per heavy atom. The highest BCUT2D eigenvalue weighted by atomic mass is 16.7. The van der Waals surface area contributed by atoms with Gasteiger partial charge in [0.05, 0.1) is 6.61 Å². The molecule has 2 N–H and O–H groups in total. The Labute approximate surface area is 88.5 Å². The van der Waals surface area contributed by atoms with Gasteiger partial charge in [-0.25, -0.2) is 9.59 Å². The van der Waals surface area contributed by atoms with Crippen LogP contribution in [-0.4, -0.2) is 29.9 Å². The molecule has 0 rings (SSSR count). The number of carboxylic acid groups (broad SMARTS) is 1. The van der Waals surface area contributed by atoms with Gasteiger partial charge in [-0.3, -0.25) is 4.84 Å². The summed E-state index contributed by atoms with van der Waals surface area (Å²) in [6, 6.07) is 0. The Morgan fingerprint density at radius 1 is 1.40 bits per heavy atom. The van der Waals surface area contributed by atoms with E-state index in [9.17, 15) is 9.59 Å². The number of rotatable bonds is 6. The molecule has 0 radical (unpaired) electrons. The van der Waals surface area contributed by atoms with E-state index in [-0.39, 0.29) is 18.9 Å². The first-order chi connectivity index (χ1) is 6.97. The van der Waals surface area contributed by atoms with Crippen LogP contribution in [0, 0.1) is 5.92 Å². The highest BCUT2D eigenvalue weighted by molar-refractivity contribution is 5.72. The molecule has 1 atom stereocenters. The van der Waals surface area contributed by atoms with E-state index in [0.29, 0.717) is 0 Å². The monoisotopic (exact) mass is 219 g/mol. The lowest BCUT2D eigenvalue weighted by Crippen LogP contribution is -2.34. The first-order valence-electron chi connectivity index (χ1n) is 4.78. The van der Waals surface area contributed by atoms with Crippen LogP contribution < -0.4 is 5.48 Å². The maximum absolute atomic E-state index is 10.9. The van der Waals surface area contributed by atoms with Gasteiger partial charge in [-0.15, -0.1) is 0 Å². The fourth-order valence-corrected chi connectivity index (χ4v) is 0.699. The van der Waals surface area contributed by atoms with Gasteiger partial charge in [-0.05, 0) is 12.3 Å². The molecule has 88 valence electrons. The molecule has 0 aliphatic rings. The molecular formula is C9H17NO5. The minimum absolute atomic E-state index is 0.220. The third kappa shape index (κ3) is 6.73. The van der Waals surface area contributed by atoms with Crippen molar-refractivity contribution in [2.75, 3.05) is 6.61 Å². The molecule has 0 aromatic rings. The van der Waals surface area contributed by atoms with E-state index < -0.39 is 18.2 Å². The maximum Gasteiger partial charge on any atom is 0.431 e. The third-order valence-electron chi connectivity index (χ3n) is 1.48. The normalized spacial score (nSPS) is 12.3. The van der Waals surface area contributed by atoms with Crippen LogP contribution in [-0.2, 0) is 14.4 Å². The molecule has 6 nitrogen and oxygen atoms in total. The van der Waals surface area contributed by atoms with Crippen LogP contribution in [0.1, 0.15) is 27.2 Å². The minimum atomic E-state index is -1.12. The Bertz CT molecular complexity index is 217. The molecule has 15 heavy (non-hydrogen) atoms. The summed E-state index contributed by atoms with van der Waals surface area (Å²) in [7, 11) is 0. The zero-order chi connectivity index (χ0) is 11.8. The van der Waals surface area contributed by atoms with Crippen molar-refractivity contribution in [2.45, 2.75) is 33.3 Å². The average Bonchev–Trinajstić information content (AvgIpc) is 2.15. The molecule has 0 fully saturated rings. The molecule has 0 saturated carbocycles. The van der Waals surface area contributed by atoms with Crippen LogP contribution in [0.25, 0.3) is 0 Å². The molecule has 0 heterocycles. The number of carbonyl (C=O) groups excluding carboxylic acids is 1. The number of aliphatic carboxylic acids is 1. The summed E-state index contributed by atoms with van der Waals surface area (Å²) in [6.07, 6.45) is -1.56. The molecule has 0 aliphatic carbocycles. The molecule has 0 bridgehead atoms. The van der Waals surface area contributed by atoms with Crippen molar-refractivity contribution >= 4 is 12.1 Å². The molecule has 0 aliphatic heterocycles. The summed E-state index contributed by atoms with van der Waals surface area (Å²) in [5.74, 6) is -0.904. The molecule has 0 saturated heterocycles. The van der Waals surface area contributed by atoms with Crippen molar-refractivity contribution < 1.29 is 24.3 Å². The van der Waals surface area contributed by atoms with E-state index in [2.05, 4.69) is 4.84 Å². The van der Waals surface area contributed by atoms with Gasteiger partial charge < -0.3 is 9.84 Å². The van der Waals surface area contributed by atoms with Crippen molar-refractivity contribution in [3.8, 4) is 0 Å². The van der Waals surface area contributed by atoms with E-state index in [1.165, 1.54) is 0 Å². The van der Waals surface area contributed by atoms with Gasteiger partial charge in [0.25, 0.3) is 0 Å². The number of carboxylic acids is 1. The summed E-state index contributed by atoms with van der Waals surface area (Å²) < 4.78 is 4.71.